The number of carbonyl (C=O) groups is 6. The number of carboxylic acid groups (broad SMARTS) is 1. The van der Waals surface area contributed by atoms with Crippen molar-refractivity contribution in [1.29, 1.82) is 0 Å². The fourth-order valence-corrected chi connectivity index (χ4v) is 7.44. The van der Waals surface area contributed by atoms with Crippen LogP contribution < -0.4 is 21.7 Å². The number of aryl methyl sites for hydroxylation is 1. The fraction of sp³-hybridized carbons (Fsp3) is 0.609. The molecule has 3 saturated heterocycles. The molecule has 0 radical (unpaired) electrons. The van der Waals surface area contributed by atoms with Crippen LogP contribution >= 0.6 is 0 Å². The van der Waals surface area contributed by atoms with Crippen molar-refractivity contribution in [1.82, 2.24) is 5.32 Å². The summed E-state index contributed by atoms with van der Waals surface area (Å²) in [6.07, 6.45) is 11.2. The number of carbonyl (C=O) groups excluding carboxylic acids is 5. The Bertz CT molecular complexity index is 1800. The first kappa shape index (κ1) is 51.5. The van der Waals surface area contributed by atoms with E-state index in [9.17, 15) is 24.0 Å². The maximum absolute atomic E-state index is 13.4. The number of nitrogens with two attached hydrogens (primary N) is 2. The Hall–Kier alpha value is -4.90. The van der Waals surface area contributed by atoms with Gasteiger partial charge in [-0.05, 0) is 76.5 Å². The maximum Gasteiger partial charge on any atom is 0.308 e. The van der Waals surface area contributed by atoms with Gasteiger partial charge in [0.1, 0.15) is 12.1 Å². The summed E-state index contributed by atoms with van der Waals surface area (Å²) in [7, 11) is 1.38. The molecule has 1 spiro atoms. The van der Waals surface area contributed by atoms with Gasteiger partial charge in [0.05, 0.1) is 62.2 Å². The Balaban J connectivity index is 0.00000245. The number of hydrogen-bond acceptors (Lipinski definition) is 12. The van der Waals surface area contributed by atoms with Gasteiger partial charge in [-0.3, -0.25) is 33.7 Å². The molecule has 62 heavy (non-hydrogen) atoms. The number of nitrogens with one attached hydrogen (secondary N) is 1. The minimum Gasteiger partial charge on any atom is -0.481 e. The van der Waals surface area contributed by atoms with Gasteiger partial charge in [0, 0.05) is 37.9 Å². The Morgan fingerprint density at radius 3 is 2.29 bits per heavy atom. The normalized spacial score (nSPS) is 26.2. The Morgan fingerprint density at radius 1 is 1.02 bits per heavy atom. The third-order valence-electron chi connectivity index (χ3n) is 11.2. The number of carboxylic acids is 1. The van der Waals surface area contributed by atoms with Crippen molar-refractivity contribution in [2.45, 2.75) is 155 Å². The topological polar surface area (TPSA) is 239 Å². The number of methoxy groups -OCH3 is 1. The summed E-state index contributed by atoms with van der Waals surface area (Å²) in [4.78, 5) is 73.5. The molecule has 344 valence electrons. The van der Waals surface area contributed by atoms with Crippen molar-refractivity contribution in [3.05, 3.63) is 65.8 Å². The average molecular weight is 869 g/mol. The van der Waals surface area contributed by atoms with Gasteiger partial charge >= 0.3 is 11.9 Å². The molecule has 16 nitrogen and oxygen atoms in total. The number of allylic oxidation sites excluding steroid dienone is 2. The van der Waals surface area contributed by atoms with Crippen molar-refractivity contribution in [2.24, 2.45) is 23.3 Å². The predicted molar refractivity (Wildman–Crippen MR) is 232 cm³/mol. The molecule has 3 fully saturated rings. The highest BCUT2D eigenvalue weighted by atomic mass is 16.6. The number of rotatable bonds is 18. The van der Waals surface area contributed by atoms with Crippen LogP contribution in [0, 0.1) is 11.8 Å². The van der Waals surface area contributed by atoms with E-state index in [2.05, 4.69) is 18.3 Å². The molecule has 3 aliphatic heterocycles. The number of benzene rings is 1. The van der Waals surface area contributed by atoms with Gasteiger partial charge in [-0.25, -0.2) is 0 Å². The number of amides is 3. The quantitative estimate of drug-likeness (QED) is 0.0691. The first-order chi connectivity index (χ1) is 29.1. The number of primary amides is 1. The van der Waals surface area contributed by atoms with Gasteiger partial charge in [-0.1, -0.05) is 62.8 Å². The summed E-state index contributed by atoms with van der Waals surface area (Å²) in [6.45, 7) is 14.7. The highest BCUT2D eigenvalue weighted by molar-refractivity contribution is 6.03. The molecular weight excluding hydrogens is 801 g/mol. The van der Waals surface area contributed by atoms with E-state index >= 15 is 0 Å². The molecule has 3 heterocycles. The summed E-state index contributed by atoms with van der Waals surface area (Å²) in [6, 6.07) is 4.99. The number of hydrogen-bond donors (Lipinski definition) is 4. The number of nitrogens with zero attached hydrogens (tertiary/aromatic N) is 1. The molecule has 0 unspecified atom stereocenters. The van der Waals surface area contributed by atoms with E-state index in [1.807, 2.05) is 39.8 Å². The van der Waals surface area contributed by atoms with Crippen LogP contribution in [-0.4, -0.2) is 109 Å². The predicted octanol–water partition coefficient (Wildman–Crippen LogP) is 4.46. The molecule has 0 saturated carbocycles. The zero-order chi connectivity index (χ0) is 46.3. The second-order valence-electron chi connectivity index (χ2n) is 17.0. The molecule has 0 aliphatic carbocycles. The molecule has 10 atom stereocenters. The first-order valence-electron chi connectivity index (χ1n) is 21.3. The van der Waals surface area contributed by atoms with Crippen molar-refractivity contribution in [2.75, 3.05) is 18.6 Å². The lowest BCUT2D eigenvalue weighted by molar-refractivity contribution is -0.147. The lowest BCUT2D eigenvalue weighted by Crippen LogP contribution is -2.54. The van der Waals surface area contributed by atoms with E-state index in [0.29, 0.717) is 24.3 Å². The van der Waals surface area contributed by atoms with Crippen LogP contribution in [0.3, 0.4) is 0 Å². The molecule has 3 aliphatic rings. The van der Waals surface area contributed by atoms with Gasteiger partial charge in [-0.2, -0.15) is 0 Å². The molecule has 6 N–H and O–H groups in total. The van der Waals surface area contributed by atoms with E-state index < -0.39 is 41.9 Å². The van der Waals surface area contributed by atoms with Gasteiger partial charge < -0.3 is 45.6 Å². The molecule has 0 bridgehead atoms. The van der Waals surface area contributed by atoms with Crippen LogP contribution in [0.5, 0.6) is 0 Å². The third kappa shape index (κ3) is 16.4. The van der Waals surface area contributed by atoms with E-state index in [1.54, 1.807) is 38.1 Å². The average Bonchev–Trinajstić information content (AvgIpc) is 3.95. The smallest absolute Gasteiger partial charge is 0.308 e. The van der Waals surface area contributed by atoms with E-state index in [-0.39, 0.29) is 79.0 Å². The Morgan fingerprint density at radius 2 is 1.68 bits per heavy atom. The molecular formula is C46H68N4O12. The van der Waals surface area contributed by atoms with E-state index in [4.69, 9.17) is 45.1 Å². The summed E-state index contributed by atoms with van der Waals surface area (Å²) in [5, 5.41) is 10.5. The van der Waals surface area contributed by atoms with Crippen LogP contribution in [0.1, 0.15) is 99.5 Å². The van der Waals surface area contributed by atoms with Crippen molar-refractivity contribution >= 4 is 41.3 Å². The number of anilines is 1. The molecule has 16 heteroatoms. The summed E-state index contributed by atoms with van der Waals surface area (Å²) >= 11 is 0. The minimum atomic E-state index is -0.958. The summed E-state index contributed by atoms with van der Waals surface area (Å²) < 4.78 is 28.6. The number of aliphatic carboxylic acids is 1. The standard InChI is InChI=1S/C44H64N4O10.C2H4O2/c1-26(2)41(45)43(53)48(30(6)42(46)52)36-12-10-9-11-32(36)16-20-39(50)56-29(5)15-19-38(49)47-35-21-28(4)37(57-31(35)7)18-14-27(3)13-17-33-23-44(25-55-44)24-34(58-33)22-40(51)54-8;1-2(3)4/h9-15,17,19,26,28-31,33-35,37,41H,16,18,20-25,45H2,1-8H3,(H2,46,52)(H,47,49);1H3,(H,3,4)/b17-13+,19-15-,27-14+;/t28-,29-,30-,31+,33+,34+,35+,37-,41-,44+;/m0./s1. The van der Waals surface area contributed by atoms with Crippen LogP contribution in [0.2, 0.25) is 0 Å². The number of esters is 2. The molecule has 4 rings (SSSR count). The Labute approximate surface area is 365 Å². The third-order valence-corrected chi connectivity index (χ3v) is 11.2. The zero-order valence-corrected chi connectivity index (χ0v) is 37.7. The SMILES string of the molecule is CC(=O)O.COC(=O)C[C@@H]1C[C@@]2(CO2)C[C@@H](/C=C/C(C)=C/C[C@@H]2O[C@H](C)[C@H](NC(=O)/C=C\[C@H](C)OC(=O)CCc3ccccc3N(C(=O)[C@@H](N)C(C)C)[C@@H](C)C(N)=O)C[C@@H]2C)O1. The molecule has 0 aromatic heterocycles. The summed E-state index contributed by atoms with van der Waals surface area (Å²) in [5.74, 6) is -3.03. The molecule has 3 amide bonds. The largest absolute Gasteiger partial charge is 0.481 e. The minimum absolute atomic E-state index is 0.00447. The molecule has 1 aromatic rings. The van der Waals surface area contributed by atoms with Crippen molar-refractivity contribution < 1.29 is 57.6 Å². The van der Waals surface area contributed by atoms with Gasteiger partial charge in [0.2, 0.25) is 17.7 Å². The molecule has 1 aromatic carbocycles. The van der Waals surface area contributed by atoms with Crippen molar-refractivity contribution in [3.8, 4) is 0 Å². The van der Waals surface area contributed by atoms with Crippen molar-refractivity contribution in [3.63, 3.8) is 0 Å². The Kier molecular flexibility index (Phi) is 20.0. The lowest BCUT2D eigenvalue weighted by atomic mass is 9.88. The number of para-hydroxylation sites is 1. The highest BCUT2D eigenvalue weighted by Crippen LogP contribution is 2.43. The second-order valence-corrected chi connectivity index (χ2v) is 17.0. The lowest BCUT2D eigenvalue weighted by Gasteiger charge is -2.39. The van der Waals surface area contributed by atoms with Gasteiger partial charge in [-0.15, -0.1) is 0 Å². The van der Waals surface area contributed by atoms with E-state index in [0.717, 1.165) is 31.8 Å². The maximum atomic E-state index is 13.4. The highest BCUT2D eigenvalue weighted by Gasteiger charge is 2.51. The number of ether oxygens (including phenoxy) is 5. The van der Waals surface area contributed by atoms with E-state index in [1.165, 1.54) is 24.2 Å². The zero-order valence-electron chi connectivity index (χ0n) is 37.7. The van der Waals surface area contributed by atoms with Gasteiger partial charge in [0.25, 0.3) is 5.97 Å². The van der Waals surface area contributed by atoms with Crippen LogP contribution in [0.15, 0.2) is 60.2 Å². The second kappa shape index (κ2) is 24.1. The van der Waals surface area contributed by atoms with Crippen LogP contribution in [0.25, 0.3) is 0 Å². The monoisotopic (exact) mass is 868 g/mol. The van der Waals surface area contributed by atoms with Gasteiger partial charge in [0.15, 0.2) is 0 Å². The first-order valence-corrected chi connectivity index (χ1v) is 21.3. The summed E-state index contributed by atoms with van der Waals surface area (Å²) in [5.41, 5.74) is 13.8. The number of epoxide rings is 1. The van der Waals surface area contributed by atoms with Crippen LogP contribution in [0.4, 0.5) is 5.69 Å². The van der Waals surface area contributed by atoms with Crippen LogP contribution in [-0.2, 0) is 58.9 Å². The fourth-order valence-electron chi connectivity index (χ4n) is 7.44.